The summed E-state index contributed by atoms with van der Waals surface area (Å²) < 4.78 is 11.2. The second-order valence-electron chi connectivity index (χ2n) is 4.28. The first-order valence-electron chi connectivity index (χ1n) is 6.10. The van der Waals surface area contributed by atoms with Crippen LogP contribution in [0.15, 0.2) is 40.5 Å². The number of allylic oxidation sites excluding steroid dienone is 1. The van der Waals surface area contributed by atoms with E-state index in [1.807, 2.05) is 0 Å². The number of hydrogen-bond acceptors (Lipinski definition) is 5. The van der Waals surface area contributed by atoms with Crippen LogP contribution < -0.4 is 5.32 Å². The Bertz CT molecular complexity index is 567. The molecule has 0 fully saturated rings. The summed E-state index contributed by atoms with van der Waals surface area (Å²) >= 11 is 3.32. The molecule has 6 heteroatoms. The van der Waals surface area contributed by atoms with Crippen LogP contribution in [0.25, 0.3) is 0 Å². The Hall–Kier alpha value is -1.82. The first kappa shape index (κ1) is 14.6. The highest BCUT2D eigenvalue weighted by Gasteiger charge is 2.48. The lowest BCUT2D eigenvalue weighted by molar-refractivity contribution is -0.187. The summed E-state index contributed by atoms with van der Waals surface area (Å²) in [6.45, 7) is 3.58. The molecule has 0 aromatic heterocycles. The number of benzene rings is 1. The van der Waals surface area contributed by atoms with Crippen molar-refractivity contribution in [2.24, 2.45) is 0 Å². The number of carbonyl (C=O) groups is 2. The number of esters is 2. The maximum absolute atomic E-state index is 12.3. The highest BCUT2D eigenvalue weighted by molar-refractivity contribution is 9.10. The molecule has 2 rings (SSSR count). The molecule has 1 heterocycles. The Morgan fingerprint density at radius 1 is 1.40 bits per heavy atom. The average Bonchev–Trinajstić information content (AvgIpc) is 2.38. The van der Waals surface area contributed by atoms with E-state index < -0.39 is 17.7 Å². The van der Waals surface area contributed by atoms with Gasteiger partial charge in [0.1, 0.15) is 0 Å². The molecule has 1 aromatic rings. The van der Waals surface area contributed by atoms with E-state index in [-0.39, 0.29) is 6.61 Å². The van der Waals surface area contributed by atoms with E-state index in [1.54, 1.807) is 38.1 Å². The fraction of sp³-hybridized carbons (Fsp3) is 0.286. The van der Waals surface area contributed by atoms with Crippen molar-refractivity contribution in [2.45, 2.75) is 19.6 Å². The van der Waals surface area contributed by atoms with Crippen LogP contribution in [0.2, 0.25) is 0 Å². The van der Waals surface area contributed by atoms with E-state index in [9.17, 15) is 9.59 Å². The predicted octanol–water partition coefficient (Wildman–Crippen LogP) is 2.22. The summed E-state index contributed by atoms with van der Waals surface area (Å²) in [5.74, 6) is -1.24. The van der Waals surface area contributed by atoms with Gasteiger partial charge in [-0.25, -0.2) is 9.59 Å². The second kappa shape index (κ2) is 5.66. The zero-order valence-corrected chi connectivity index (χ0v) is 12.7. The normalized spacial score (nSPS) is 21.6. The lowest BCUT2D eigenvalue weighted by Gasteiger charge is -2.35. The molecule has 0 radical (unpaired) electrons. The second-order valence-corrected chi connectivity index (χ2v) is 5.20. The number of cyclic esters (lactones) is 1. The maximum atomic E-state index is 12.3. The highest BCUT2D eigenvalue weighted by Crippen LogP contribution is 2.30. The fourth-order valence-electron chi connectivity index (χ4n) is 1.96. The van der Waals surface area contributed by atoms with Gasteiger partial charge in [0, 0.05) is 21.8 Å². The molecule has 0 bridgehead atoms. The fourth-order valence-corrected chi connectivity index (χ4v) is 2.22. The zero-order valence-electron chi connectivity index (χ0n) is 11.1. The minimum atomic E-state index is -1.63. The molecule has 1 N–H and O–H groups in total. The van der Waals surface area contributed by atoms with Crippen molar-refractivity contribution in [1.29, 1.82) is 0 Å². The maximum Gasteiger partial charge on any atom is 0.377 e. The summed E-state index contributed by atoms with van der Waals surface area (Å²) in [7, 11) is 0. The zero-order chi connectivity index (χ0) is 14.8. The molecule has 0 saturated carbocycles. The van der Waals surface area contributed by atoms with E-state index in [4.69, 9.17) is 9.47 Å². The Morgan fingerprint density at radius 2 is 2.05 bits per heavy atom. The van der Waals surface area contributed by atoms with Crippen LogP contribution in [0.4, 0.5) is 0 Å². The topological polar surface area (TPSA) is 64.6 Å². The van der Waals surface area contributed by atoms with Crippen LogP contribution in [0.5, 0.6) is 0 Å². The van der Waals surface area contributed by atoms with Crippen molar-refractivity contribution in [3.05, 3.63) is 46.1 Å². The monoisotopic (exact) mass is 339 g/mol. The Kier molecular flexibility index (Phi) is 4.13. The minimum Gasteiger partial charge on any atom is -0.461 e. The molecule has 0 saturated heterocycles. The van der Waals surface area contributed by atoms with Crippen LogP contribution >= 0.6 is 15.9 Å². The third kappa shape index (κ3) is 2.70. The van der Waals surface area contributed by atoms with Crippen molar-refractivity contribution in [2.75, 3.05) is 6.61 Å². The van der Waals surface area contributed by atoms with E-state index >= 15 is 0 Å². The quantitative estimate of drug-likeness (QED) is 0.855. The third-order valence-electron chi connectivity index (χ3n) is 2.77. The highest BCUT2D eigenvalue weighted by atomic mass is 79.9. The molecule has 0 aliphatic carbocycles. The molecule has 1 aliphatic heterocycles. The summed E-state index contributed by atoms with van der Waals surface area (Å²) in [6, 6.07) is 6.92. The van der Waals surface area contributed by atoms with E-state index in [1.165, 1.54) is 6.08 Å². The van der Waals surface area contributed by atoms with Gasteiger partial charge in [-0.2, -0.15) is 0 Å². The predicted molar refractivity (Wildman–Crippen MR) is 75.4 cm³/mol. The van der Waals surface area contributed by atoms with Crippen molar-refractivity contribution >= 4 is 27.9 Å². The number of carbonyl (C=O) groups excluding carboxylic acids is 2. The molecule has 1 aliphatic rings. The molecule has 106 valence electrons. The number of hydrogen-bond donors (Lipinski definition) is 1. The van der Waals surface area contributed by atoms with Crippen molar-refractivity contribution in [3.63, 3.8) is 0 Å². The largest absolute Gasteiger partial charge is 0.461 e. The van der Waals surface area contributed by atoms with Crippen LogP contribution in [0.3, 0.4) is 0 Å². The van der Waals surface area contributed by atoms with Gasteiger partial charge in [0.2, 0.25) is 0 Å². The van der Waals surface area contributed by atoms with Crippen LogP contribution in [0, 0.1) is 0 Å². The minimum absolute atomic E-state index is 0.194. The van der Waals surface area contributed by atoms with Crippen LogP contribution in [0.1, 0.15) is 19.4 Å². The molecule has 1 aromatic carbocycles. The molecular formula is C14H14BrNO4. The van der Waals surface area contributed by atoms with Crippen LogP contribution in [-0.2, 0) is 24.8 Å². The Morgan fingerprint density at radius 3 is 2.60 bits per heavy atom. The van der Waals surface area contributed by atoms with Gasteiger partial charge in [-0.05, 0) is 26.0 Å². The summed E-state index contributed by atoms with van der Waals surface area (Å²) in [5, 5.41) is 2.91. The molecule has 5 nitrogen and oxygen atoms in total. The molecule has 1 unspecified atom stereocenters. The standard InChI is InChI=1S/C14H14BrNO4/c1-3-19-13(18)14(10-4-6-11(15)7-5-10)16-9(2)8-12(17)20-14/h4-8,16H,3H2,1-2H3. The van der Waals surface area contributed by atoms with Gasteiger partial charge in [-0.15, -0.1) is 0 Å². The number of nitrogens with one attached hydrogen (secondary N) is 1. The van der Waals surface area contributed by atoms with Crippen molar-refractivity contribution < 1.29 is 19.1 Å². The molecule has 20 heavy (non-hydrogen) atoms. The van der Waals surface area contributed by atoms with Crippen molar-refractivity contribution in [1.82, 2.24) is 5.32 Å². The average molecular weight is 340 g/mol. The first-order chi connectivity index (χ1) is 9.48. The molecule has 1 atom stereocenters. The molecule has 0 spiro atoms. The summed E-state index contributed by atoms with van der Waals surface area (Å²) in [6.07, 6.45) is 1.29. The first-order valence-corrected chi connectivity index (χ1v) is 6.90. The number of halogens is 1. The van der Waals surface area contributed by atoms with Crippen molar-refractivity contribution in [3.8, 4) is 0 Å². The van der Waals surface area contributed by atoms with Gasteiger partial charge in [-0.3, -0.25) is 0 Å². The van der Waals surface area contributed by atoms with Crippen LogP contribution in [-0.4, -0.2) is 18.5 Å². The van der Waals surface area contributed by atoms with Gasteiger partial charge in [-0.1, -0.05) is 28.1 Å². The van der Waals surface area contributed by atoms with E-state index in [0.717, 1.165) is 4.47 Å². The Balaban J connectivity index is 2.50. The van der Waals surface area contributed by atoms with E-state index in [0.29, 0.717) is 11.3 Å². The molecular weight excluding hydrogens is 326 g/mol. The number of ether oxygens (including phenoxy) is 2. The lowest BCUT2D eigenvalue weighted by Crippen LogP contribution is -2.54. The van der Waals surface area contributed by atoms with Gasteiger partial charge in [0.25, 0.3) is 0 Å². The molecule has 0 amide bonds. The smallest absolute Gasteiger partial charge is 0.377 e. The van der Waals surface area contributed by atoms with Gasteiger partial charge >= 0.3 is 17.7 Å². The van der Waals surface area contributed by atoms with Gasteiger partial charge in [0.15, 0.2) is 0 Å². The summed E-state index contributed by atoms with van der Waals surface area (Å²) in [5.41, 5.74) is -0.593. The lowest BCUT2D eigenvalue weighted by atomic mass is 10.0. The summed E-state index contributed by atoms with van der Waals surface area (Å²) in [4.78, 5) is 24.0. The van der Waals surface area contributed by atoms with E-state index in [2.05, 4.69) is 21.2 Å². The van der Waals surface area contributed by atoms with Gasteiger partial charge < -0.3 is 14.8 Å². The SMILES string of the molecule is CCOC(=O)C1(c2ccc(Br)cc2)NC(C)=CC(=O)O1. The number of rotatable bonds is 3. The third-order valence-corrected chi connectivity index (χ3v) is 3.30. The van der Waals surface area contributed by atoms with Gasteiger partial charge in [0.05, 0.1) is 6.61 Å². The Labute approximate surface area is 125 Å².